The molecule has 1 aliphatic carbocycles. The fraction of sp³-hybridized carbons (Fsp3) is 0.800. The quantitative estimate of drug-likeness (QED) is 0.899. The smallest absolute Gasteiger partial charge is 0.0948 e. The van der Waals surface area contributed by atoms with E-state index in [4.69, 9.17) is 0 Å². The van der Waals surface area contributed by atoms with Gasteiger partial charge in [0.1, 0.15) is 0 Å². The van der Waals surface area contributed by atoms with Crippen molar-refractivity contribution in [3.05, 3.63) is 18.2 Å². The SMILES string of the molecule is CN(C)C1(Cn2cncc2C2CCNC2)CCCC1. The largest absolute Gasteiger partial charge is 0.332 e. The van der Waals surface area contributed by atoms with Crippen molar-refractivity contribution >= 4 is 0 Å². The third-order valence-electron chi connectivity index (χ3n) is 5.17. The third kappa shape index (κ3) is 2.43. The van der Waals surface area contributed by atoms with Gasteiger partial charge in [0.25, 0.3) is 0 Å². The number of likely N-dealkylation sites (N-methyl/N-ethyl adjacent to an activating group) is 1. The molecule has 1 saturated carbocycles. The van der Waals surface area contributed by atoms with Gasteiger partial charge in [0, 0.05) is 36.4 Å². The highest BCUT2D eigenvalue weighted by Crippen LogP contribution is 2.36. The predicted molar refractivity (Wildman–Crippen MR) is 77.3 cm³/mol. The van der Waals surface area contributed by atoms with E-state index in [9.17, 15) is 0 Å². The minimum absolute atomic E-state index is 0.349. The molecular weight excluding hydrogens is 236 g/mol. The van der Waals surface area contributed by atoms with E-state index in [1.165, 1.54) is 37.8 Å². The molecule has 2 aliphatic rings. The number of hydrogen-bond donors (Lipinski definition) is 1. The van der Waals surface area contributed by atoms with Crippen LogP contribution in [-0.4, -0.2) is 47.2 Å². The maximum atomic E-state index is 4.42. The Morgan fingerprint density at radius 1 is 1.42 bits per heavy atom. The van der Waals surface area contributed by atoms with E-state index in [0.717, 1.165) is 19.6 Å². The van der Waals surface area contributed by atoms with E-state index in [2.05, 4.69) is 40.1 Å². The van der Waals surface area contributed by atoms with E-state index in [1.54, 1.807) is 0 Å². The van der Waals surface area contributed by atoms with Crippen molar-refractivity contribution in [1.29, 1.82) is 0 Å². The van der Waals surface area contributed by atoms with Crippen molar-refractivity contribution in [1.82, 2.24) is 19.8 Å². The number of imidazole rings is 1. The lowest BCUT2D eigenvalue weighted by Gasteiger charge is -2.37. The van der Waals surface area contributed by atoms with Crippen LogP contribution in [-0.2, 0) is 6.54 Å². The standard InChI is InChI=1S/C15H26N4/c1-18(2)15(6-3-4-7-15)11-19-12-17-10-14(19)13-5-8-16-9-13/h10,12-13,16H,3-9,11H2,1-2H3. The molecule has 0 bridgehead atoms. The molecule has 1 aromatic heterocycles. The summed E-state index contributed by atoms with van der Waals surface area (Å²) in [5.74, 6) is 0.656. The first-order chi connectivity index (χ1) is 9.21. The van der Waals surface area contributed by atoms with Crippen LogP contribution >= 0.6 is 0 Å². The molecule has 19 heavy (non-hydrogen) atoms. The normalized spacial score (nSPS) is 26.4. The Morgan fingerprint density at radius 3 is 2.84 bits per heavy atom. The molecule has 0 spiro atoms. The molecule has 2 heterocycles. The predicted octanol–water partition coefficient (Wildman–Crippen LogP) is 1.83. The van der Waals surface area contributed by atoms with Crippen LogP contribution < -0.4 is 5.32 Å². The average Bonchev–Trinajstić information content (AvgIpc) is 3.09. The molecule has 1 saturated heterocycles. The second-order valence-corrected chi connectivity index (χ2v) is 6.46. The fourth-order valence-corrected chi connectivity index (χ4v) is 3.81. The van der Waals surface area contributed by atoms with Crippen molar-refractivity contribution in [2.45, 2.75) is 50.1 Å². The van der Waals surface area contributed by atoms with Gasteiger partial charge in [-0.3, -0.25) is 0 Å². The molecule has 0 aromatic carbocycles. The van der Waals surface area contributed by atoms with Crippen molar-refractivity contribution in [3.8, 4) is 0 Å². The van der Waals surface area contributed by atoms with Gasteiger partial charge < -0.3 is 14.8 Å². The molecule has 1 N–H and O–H groups in total. The first kappa shape index (κ1) is 13.1. The molecule has 1 aromatic rings. The summed E-state index contributed by atoms with van der Waals surface area (Å²) in [7, 11) is 4.47. The molecule has 106 valence electrons. The molecular formula is C15H26N4. The van der Waals surface area contributed by atoms with Gasteiger partial charge in [-0.1, -0.05) is 12.8 Å². The van der Waals surface area contributed by atoms with Crippen LogP contribution in [0, 0.1) is 0 Å². The highest BCUT2D eigenvalue weighted by atomic mass is 15.2. The van der Waals surface area contributed by atoms with E-state index < -0.39 is 0 Å². The zero-order valence-electron chi connectivity index (χ0n) is 12.2. The van der Waals surface area contributed by atoms with Gasteiger partial charge in [0.15, 0.2) is 0 Å². The van der Waals surface area contributed by atoms with Crippen LogP contribution in [0.5, 0.6) is 0 Å². The van der Waals surface area contributed by atoms with Crippen LogP contribution in [0.1, 0.15) is 43.7 Å². The minimum atomic E-state index is 0.349. The first-order valence-corrected chi connectivity index (χ1v) is 7.59. The van der Waals surface area contributed by atoms with E-state index in [0.29, 0.717) is 11.5 Å². The van der Waals surface area contributed by atoms with Crippen LogP contribution in [0.15, 0.2) is 12.5 Å². The van der Waals surface area contributed by atoms with Crippen LogP contribution in [0.2, 0.25) is 0 Å². The van der Waals surface area contributed by atoms with Gasteiger partial charge in [0.2, 0.25) is 0 Å². The fourth-order valence-electron chi connectivity index (χ4n) is 3.81. The molecule has 1 aliphatic heterocycles. The van der Waals surface area contributed by atoms with Gasteiger partial charge in [-0.05, 0) is 39.9 Å². The number of nitrogens with one attached hydrogen (secondary N) is 1. The zero-order valence-corrected chi connectivity index (χ0v) is 12.2. The van der Waals surface area contributed by atoms with Gasteiger partial charge in [-0.2, -0.15) is 0 Å². The van der Waals surface area contributed by atoms with Crippen LogP contribution in [0.3, 0.4) is 0 Å². The van der Waals surface area contributed by atoms with E-state index >= 15 is 0 Å². The Balaban J connectivity index is 1.80. The molecule has 0 radical (unpaired) electrons. The Bertz CT molecular complexity index is 412. The number of hydrogen-bond acceptors (Lipinski definition) is 3. The van der Waals surface area contributed by atoms with Crippen molar-refractivity contribution in [3.63, 3.8) is 0 Å². The van der Waals surface area contributed by atoms with Crippen molar-refractivity contribution < 1.29 is 0 Å². The molecule has 4 heteroatoms. The topological polar surface area (TPSA) is 33.1 Å². The lowest BCUT2D eigenvalue weighted by Crippen LogP contribution is -2.45. The van der Waals surface area contributed by atoms with Crippen molar-refractivity contribution in [2.24, 2.45) is 0 Å². The second kappa shape index (κ2) is 5.25. The van der Waals surface area contributed by atoms with Crippen LogP contribution in [0.4, 0.5) is 0 Å². The molecule has 4 nitrogen and oxygen atoms in total. The van der Waals surface area contributed by atoms with Crippen LogP contribution in [0.25, 0.3) is 0 Å². The summed E-state index contributed by atoms with van der Waals surface area (Å²) in [4.78, 5) is 6.86. The lowest BCUT2D eigenvalue weighted by molar-refractivity contribution is 0.132. The Kier molecular flexibility index (Phi) is 3.63. The number of rotatable bonds is 4. The van der Waals surface area contributed by atoms with Gasteiger partial charge in [0.05, 0.1) is 6.33 Å². The second-order valence-electron chi connectivity index (χ2n) is 6.46. The summed E-state index contributed by atoms with van der Waals surface area (Å²) in [6.45, 7) is 3.36. The maximum Gasteiger partial charge on any atom is 0.0948 e. The number of nitrogens with zero attached hydrogens (tertiary/aromatic N) is 3. The van der Waals surface area contributed by atoms with E-state index in [-0.39, 0.29) is 0 Å². The average molecular weight is 262 g/mol. The Hall–Kier alpha value is -0.870. The summed E-state index contributed by atoms with van der Waals surface area (Å²) < 4.78 is 2.42. The maximum absolute atomic E-state index is 4.42. The van der Waals surface area contributed by atoms with Gasteiger partial charge in [-0.15, -0.1) is 0 Å². The Morgan fingerprint density at radius 2 is 2.21 bits per heavy atom. The highest BCUT2D eigenvalue weighted by molar-refractivity contribution is 5.11. The summed E-state index contributed by atoms with van der Waals surface area (Å²) >= 11 is 0. The van der Waals surface area contributed by atoms with Gasteiger partial charge >= 0.3 is 0 Å². The summed E-state index contributed by atoms with van der Waals surface area (Å²) in [6.07, 6.45) is 10.7. The van der Waals surface area contributed by atoms with Crippen molar-refractivity contribution in [2.75, 3.05) is 27.2 Å². The zero-order chi connectivity index (χ0) is 13.3. The van der Waals surface area contributed by atoms with Gasteiger partial charge in [-0.25, -0.2) is 4.98 Å². The highest BCUT2D eigenvalue weighted by Gasteiger charge is 2.37. The number of aromatic nitrogens is 2. The molecule has 0 amide bonds. The lowest BCUT2D eigenvalue weighted by atomic mass is 9.95. The summed E-state index contributed by atoms with van der Waals surface area (Å²) in [6, 6.07) is 0. The third-order valence-corrected chi connectivity index (χ3v) is 5.17. The molecule has 3 rings (SSSR count). The van der Waals surface area contributed by atoms with E-state index in [1.807, 2.05) is 6.33 Å². The Labute approximate surface area is 116 Å². The minimum Gasteiger partial charge on any atom is -0.332 e. The first-order valence-electron chi connectivity index (χ1n) is 7.59. The summed E-state index contributed by atoms with van der Waals surface area (Å²) in [5, 5.41) is 3.46. The molecule has 1 unspecified atom stereocenters. The monoisotopic (exact) mass is 262 g/mol. The summed E-state index contributed by atoms with van der Waals surface area (Å²) in [5.41, 5.74) is 1.78. The molecule has 1 atom stereocenters. The molecule has 2 fully saturated rings.